The molecule has 108 valence electrons. The van der Waals surface area contributed by atoms with Crippen LogP contribution in [0.2, 0.25) is 5.02 Å². The van der Waals surface area contributed by atoms with Gasteiger partial charge in [0.25, 0.3) is 0 Å². The Labute approximate surface area is 135 Å². The molecule has 0 radical (unpaired) electrons. The van der Waals surface area contributed by atoms with Crippen LogP contribution in [0.5, 0.6) is 11.5 Å². The van der Waals surface area contributed by atoms with Gasteiger partial charge in [0.05, 0.1) is 18.2 Å². The van der Waals surface area contributed by atoms with Gasteiger partial charge in [0.2, 0.25) is 0 Å². The first-order chi connectivity index (χ1) is 10.1. The Bertz CT molecular complexity index is 705. The molecule has 0 fully saturated rings. The van der Waals surface area contributed by atoms with Crippen LogP contribution in [0.1, 0.15) is 22.3 Å². The first-order valence-electron chi connectivity index (χ1n) is 6.39. The maximum Gasteiger partial charge on any atom is 0.196 e. The Kier molecular flexibility index (Phi) is 4.12. The van der Waals surface area contributed by atoms with Gasteiger partial charge in [-0.2, -0.15) is 0 Å². The molecule has 21 heavy (non-hydrogen) atoms. The Morgan fingerprint density at radius 3 is 2.57 bits per heavy atom. The van der Waals surface area contributed by atoms with Gasteiger partial charge in [0, 0.05) is 40.5 Å². The van der Waals surface area contributed by atoms with E-state index in [1.165, 1.54) is 6.20 Å². The molecule has 2 heterocycles. The molecule has 0 saturated heterocycles. The molecule has 0 bridgehead atoms. The van der Waals surface area contributed by atoms with E-state index in [4.69, 9.17) is 21.1 Å². The van der Waals surface area contributed by atoms with Gasteiger partial charge in [-0.25, -0.2) is 0 Å². The molecule has 1 aliphatic rings. The fourth-order valence-corrected chi connectivity index (χ4v) is 2.65. The van der Waals surface area contributed by atoms with E-state index in [9.17, 15) is 4.79 Å². The van der Waals surface area contributed by atoms with E-state index in [0.717, 1.165) is 10.9 Å². The maximum atomic E-state index is 12.5. The molecule has 4 nitrogen and oxygen atoms in total. The maximum absolute atomic E-state index is 12.5. The normalized spacial score (nSPS) is 13.6. The van der Waals surface area contributed by atoms with E-state index in [1.807, 2.05) is 0 Å². The number of carbonyl (C=O) groups excluding carboxylic acids is 1. The molecule has 0 atom stereocenters. The molecule has 1 aromatic carbocycles. The number of aromatic nitrogens is 1. The van der Waals surface area contributed by atoms with Gasteiger partial charge in [0.15, 0.2) is 17.3 Å². The fraction of sp³-hybridized carbons (Fsp3) is 0.200. The lowest BCUT2D eigenvalue weighted by molar-refractivity contribution is 0.103. The van der Waals surface area contributed by atoms with Crippen molar-refractivity contribution in [2.75, 3.05) is 13.2 Å². The Morgan fingerprint density at radius 1 is 1.14 bits per heavy atom. The van der Waals surface area contributed by atoms with Crippen molar-refractivity contribution in [3.05, 3.63) is 51.2 Å². The van der Waals surface area contributed by atoms with Gasteiger partial charge >= 0.3 is 0 Å². The lowest BCUT2D eigenvalue weighted by Crippen LogP contribution is -2.04. The zero-order chi connectivity index (χ0) is 14.8. The van der Waals surface area contributed by atoms with Crippen LogP contribution >= 0.6 is 27.5 Å². The monoisotopic (exact) mass is 367 g/mol. The molecule has 3 rings (SSSR count). The second-order valence-corrected chi connectivity index (χ2v) is 5.87. The Balaban J connectivity index is 2.02. The third kappa shape index (κ3) is 3.04. The van der Waals surface area contributed by atoms with Gasteiger partial charge in [-0.3, -0.25) is 9.78 Å². The van der Waals surface area contributed by atoms with Crippen LogP contribution < -0.4 is 9.47 Å². The summed E-state index contributed by atoms with van der Waals surface area (Å²) in [5, 5.41) is 0.337. The highest BCUT2D eigenvalue weighted by atomic mass is 79.9. The molecule has 1 aromatic heterocycles. The van der Waals surface area contributed by atoms with Gasteiger partial charge < -0.3 is 9.47 Å². The highest BCUT2D eigenvalue weighted by molar-refractivity contribution is 9.10. The number of fused-ring (bicyclic) bond motifs is 1. The predicted octanol–water partition coefficient (Wildman–Crippen LogP) is 3.89. The highest BCUT2D eigenvalue weighted by Crippen LogP contribution is 2.36. The lowest BCUT2D eigenvalue weighted by Gasteiger charge is -2.11. The summed E-state index contributed by atoms with van der Waals surface area (Å²) in [5.74, 6) is 0.911. The number of carbonyl (C=O) groups is 1. The Hall–Kier alpha value is -1.59. The number of hydrogen-bond donors (Lipinski definition) is 0. The molecule has 0 spiro atoms. The van der Waals surface area contributed by atoms with Crippen LogP contribution in [0.4, 0.5) is 0 Å². The van der Waals surface area contributed by atoms with Crippen LogP contribution in [-0.2, 0) is 0 Å². The molecule has 6 heteroatoms. The second-order valence-electron chi connectivity index (χ2n) is 4.55. The third-order valence-electron chi connectivity index (χ3n) is 3.05. The molecule has 1 aliphatic heterocycles. The number of benzene rings is 1. The number of halogens is 2. The zero-order valence-electron chi connectivity index (χ0n) is 10.9. The molecule has 2 aromatic rings. The summed E-state index contributed by atoms with van der Waals surface area (Å²) in [4.78, 5) is 16.5. The van der Waals surface area contributed by atoms with Crippen molar-refractivity contribution >= 4 is 33.3 Å². The largest absolute Gasteiger partial charge is 0.490 e. The van der Waals surface area contributed by atoms with Gasteiger partial charge in [0.1, 0.15) is 0 Å². The van der Waals surface area contributed by atoms with Crippen molar-refractivity contribution in [1.82, 2.24) is 4.98 Å². The second kappa shape index (κ2) is 6.03. The minimum Gasteiger partial charge on any atom is -0.490 e. The topological polar surface area (TPSA) is 48.4 Å². The third-order valence-corrected chi connectivity index (χ3v) is 3.80. The summed E-state index contributed by atoms with van der Waals surface area (Å²) in [7, 11) is 0. The van der Waals surface area contributed by atoms with Gasteiger partial charge in [-0.1, -0.05) is 11.6 Å². The van der Waals surface area contributed by atoms with Crippen LogP contribution in [0.15, 0.2) is 35.1 Å². The SMILES string of the molecule is O=C(c1cncc(Br)c1)c1cc2c(cc1Cl)OCCCO2. The lowest BCUT2D eigenvalue weighted by atomic mass is 10.0. The van der Waals surface area contributed by atoms with E-state index < -0.39 is 0 Å². The minimum atomic E-state index is -0.204. The molecule has 0 unspecified atom stereocenters. The van der Waals surface area contributed by atoms with Crippen molar-refractivity contribution in [3.8, 4) is 11.5 Å². The number of nitrogens with zero attached hydrogens (tertiary/aromatic N) is 1. The van der Waals surface area contributed by atoms with E-state index in [0.29, 0.717) is 40.9 Å². The average Bonchev–Trinajstić information content (AvgIpc) is 2.70. The summed E-state index contributed by atoms with van der Waals surface area (Å²) in [6.07, 6.45) is 3.92. The Morgan fingerprint density at radius 2 is 1.86 bits per heavy atom. The summed E-state index contributed by atoms with van der Waals surface area (Å²) >= 11 is 9.51. The molecule has 0 aliphatic carbocycles. The van der Waals surface area contributed by atoms with Crippen molar-refractivity contribution in [2.45, 2.75) is 6.42 Å². The smallest absolute Gasteiger partial charge is 0.196 e. The summed E-state index contributed by atoms with van der Waals surface area (Å²) in [6, 6.07) is 4.96. The minimum absolute atomic E-state index is 0.204. The number of hydrogen-bond acceptors (Lipinski definition) is 4. The van der Waals surface area contributed by atoms with Crippen molar-refractivity contribution < 1.29 is 14.3 Å². The molecular weight excluding hydrogens is 358 g/mol. The quantitative estimate of drug-likeness (QED) is 0.755. The zero-order valence-corrected chi connectivity index (χ0v) is 13.3. The van der Waals surface area contributed by atoms with Crippen LogP contribution in [0.3, 0.4) is 0 Å². The van der Waals surface area contributed by atoms with Crippen molar-refractivity contribution in [3.63, 3.8) is 0 Å². The average molecular weight is 369 g/mol. The summed E-state index contributed by atoms with van der Waals surface area (Å²) in [5.41, 5.74) is 0.835. The van der Waals surface area contributed by atoms with Crippen LogP contribution in [0.25, 0.3) is 0 Å². The van der Waals surface area contributed by atoms with E-state index in [2.05, 4.69) is 20.9 Å². The molecular formula is C15H11BrClNO3. The first-order valence-corrected chi connectivity index (χ1v) is 7.56. The van der Waals surface area contributed by atoms with Crippen LogP contribution in [-0.4, -0.2) is 24.0 Å². The highest BCUT2D eigenvalue weighted by Gasteiger charge is 2.19. The number of rotatable bonds is 2. The van der Waals surface area contributed by atoms with Crippen molar-refractivity contribution in [2.24, 2.45) is 0 Å². The predicted molar refractivity (Wildman–Crippen MR) is 82.4 cm³/mol. The van der Waals surface area contributed by atoms with Crippen molar-refractivity contribution in [1.29, 1.82) is 0 Å². The van der Waals surface area contributed by atoms with Gasteiger partial charge in [-0.15, -0.1) is 0 Å². The molecule has 0 amide bonds. The number of ether oxygens (including phenoxy) is 2. The fourth-order valence-electron chi connectivity index (χ4n) is 2.05. The molecule has 0 saturated carbocycles. The number of pyridine rings is 1. The number of ketones is 1. The van der Waals surface area contributed by atoms with Gasteiger partial charge in [-0.05, 0) is 28.1 Å². The molecule has 0 N–H and O–H groups in total. The standard InChI is InChI=1S/C15H11BrClNO3/c16-10-4-9(7-18-8-10)15(19)11-5-13-14(6-12(11)17)21-3-1-2-20-13/h4-8H,1-3H2. The summed E-state index contributed by atoms with van der Waals surface area (Å²) in [6.45, 7) is 1.13. The van der Waals surface area contributed by atoms with E-state index in [-0.39, 0.29) is 5.78 Å². The van der Waals surface area contributed by atoms with E-state index >= 15 is 0 Å². The van der Waals surface area contributed by atoms with E-state index in [1.54, 1.807) is 24.4 Å². The summed E-state index contributed by atoms with van der Waals surface area (Å²) < 4.78 is 11.9. The van der Waals surface area contributed by atoms with Crippen LogP contribution in [0, 0.1) is 0 Å². The first kappa shape index (κ1) is 14.4.